The molecule has 1 rings (SSSR count). The van der Waals surface area contributed by atoms with Gasteiger partial charge >= 0.3 is 0 Å². The first-order chi connectivity index (χ1) is 6.29. The molecule has 0 aromatic carbocycles. The van der Waals surface area contributed by atoms with Gasteiger partial charge in [-0.2, -0.15) is 0 Å². The predicted molar refractivity (Wildman–Crippen MR) is 59.3 cm³/mol. The number of hydrogen-bond donors (Lipinski definition) is 0. The van der Waals surface area contributed by atoms with Crippen molar-refractivity contribution in [3.8, 4) is 0 Å². The fourth-order valence-corrected chi connectivity index (χ4v) is 2.69. The minimum absolute atomic E-state index is 0.542. The summed E-state index contributed by atoms with van der Waals surface area (Å²) in [5.74, 6) is 1.62. The van der Waals surface area contributed by atoms with Crippen molar-refractivity contribution < 1.29 is 4.65 Å². The maximum Gasteiger partial charge on any atom is 0.298 e. The number of unbranched alkanes of at least 4 members (excludes halogenated alkanes) is 1. The van der Waals surface area contributed by atoms with Crippen LogP contribution in [0.1, 0.15) is 52.4 Å². The molecule has 13 heavy (non-hydrogen) atoms. The zero-order valence-electron chi connectivity index (χ0n) is 9.38. The second-order valence-corrected chi connectivity index (χ2v) is 4.51. The molecule has 2 heteroatoms. The van der Waals surface area contributed by atoms with Crippen molar-refractivity contribution >= 4 is 6.92 Å². The molecule has 76 valence electrons. The molecular formula is C11H23BO. The molecule has 0 aromatic heterocycles. The molecule has 2 unspecified atom stereocenters. The van der Waals surface area contributed by atoms with Gasteiger partial charge in [-0.1, -0.05) is 52.4 Å². The summed E-state index contributed by atoms with van der Waals surface area (Å²) < 4.78 is 5.61. The Morgan fingerprint density at radius 2 is 2.15 bits per heavy atom. The van der Waals surface area contributed by atoms with Gasteiger partial charge in [0.1, 0.15) is 0 Å². The zero-order chi connectivity index (χ0) is 9.68. The van der Waals surface area contributed by atoms with Crippen LogP contribution in [-0.2, 0) is 4.65 Å². The molecule has 1 nitrogen and oxygen atoms in total. The molecule has 0 aliphatic carbocycles. The predicted octanol–water partition coefficient (Wildman–Crippen LogP) is 3.76. The summed E-state index contributed by atoms with van der Waals surface area (Å²) in [7, 11) is 1.88. The minimum Gasteiger partial charge on any atom is -0.438 e. The minimum atomic E-state index is 0.542. The average molecular weight is 182 g/mol. The highest BCUT2D eigenvalue weighted by atomic mass is 16.4. The van der Waals surface area contributed by atoms with E-state index in [-0.39, 0.29) is 0 Å². The van der Waals surface area contributed by atoms with Crippen LogP contribution in [-0.4, -0.2) is 14.0 Å². The molecule has 0 N–H and O–H groups in total. The molecule has 0 saturated carbocycles. The largest absolute Gasteiger partial charge is 0.438 e. The fraction of sp³-hybridized carbons (Fsp3) is 1.00. The van der Waals surface area contributed by atoms with E-state index in [0.29, 0.717) is 6.92 Å². The summed E-state index contributed by atoms with van der Waals surface area (Å²) in [6, 6.07) is 0. The standard InChI is InChI=1S/C11H23BO/c1-4-5-8-11-9-6-7-10(2)12(11)13-3/h10-11H,4-9H2,1-3H3. The lowest BCUT2D eigenvalue weighted by Gasteiger charge is -2.32. The van der Waals surface area contributed by atoms with Gasteiger partial charge in [0.05, 0.1) is 0 Å². The van der Waals surface area contributed by atoms with E-state index in [4.69, 9.17) is 4.65 Å². The van der Waals surface area contributed by atoms with Crippen LogP contribution in [0.2, 0.25) is 11.6 Å². The van der Waals surface area contributed by atoms with Gasteiger partial charge in [-0.3, -0.25) is 0 Å². The Labute approximate surface area is 83.4 Å². The van der Waals surface area contributed by atoms with Crippen molar-refractivity contribution in [2.45, 2.75) is 64.0 Å². The van der Waals surface area contributed by atoms with Crippen molar-refractivity contribution in [2.24, 2.45) is 0 Å². The van der Waals surface area contributed by atoms with Gasteiger partial charge in [0, 0.05) is 7.11 Å². The van der Waals surface area contributed by atoms with Crippen LogP contribution < -0.4 is 0 Å². The van der Waals surface area contributed by atoms with Crippen molar-refractivity contribution in [1.29, 1.82) is 0 Å². The number of rotatable bonds is 4. The smallest absolute Gasteiger partial charge is 0.298 e. The summed E-state index contributed by atoms with van der Waals surface area (Å²) in [4.78, 5) is 0. The molecule has 1 aliphatic rings. The van der Waals surface area contributed by atoms with Gasteiger partial charge in [-0.15, -0.1) is 0 Å². The summed E-state index contributed by atoms with van der Waals surface area (Å²) in [5, 5.41) is 0. The Hall–Kier alpha value is 0.0249. The average Bonchev–Trinajstić information content (AvgIpc) is 2.15. The first-order valence-corrected chi connectivity index (χ1v) is 5.82. The third-order valence-corrected chi connectivity index (χ3v) is 3.46. The Kier molecular flexibility index (Phi) is 4.86. The van der Waals surface area contributed by atoms with Crippen LogP contribution in [0.15, 0.2) is 0 Å². The Morgan fingerprint density at radius 3 is 2.77 bits per heavy atom. The van der Waals surface area contributed by atoms with Gasteiger partial charge in [-0.25, -0.2) is 0 Å². The van der Waals surface area contributed by atoms with E-state index in [9.17, 15) is 0 Å². The molecule has 1 aliphatic heterocycles. The molecule has 1 fully saturated rings. The van der Waals surface area contributed by atoms with Crippen LogP contribution in [0.25, 0.3) is 0 Å². The van der Waals surface area contributed by atoms with Gasteiger partial charge < -0.3 is 4.65 Å². The van der Waals surface area contributed by atoms with E-state index < -0.39 is 0 Å². The van der Waals surface area contributed by atoms with Crippen LogP contribution in [0.5, 0.6) is 0 Å². The van der Waals surface area contributed by atoms with Gasteiger partial charge in [0.25, 0.3) is 6.92 Å². The molecule has 0 bridgehead atoms. The lowest BCUT2D eigenvalue weighted by atomic mass is 9.42. The molecular weight excluding hydrogens is 159 g/mol. The Bertz CT molecular complexity index is 138. The van der Waals surface area contributed by atoms with Crippen molar-refractivity contribution in [2.75, 3.05) is 7.11 Å². The van der Waals surface area contributed by atoms with E-state index in [1.54, 1.807) is 0 Å². The molecule has 0 radical (unpaired) electrons. The lowest BCUT2D eigenvalue weighted by Crippen LogP contribution is -2.31. The SMILES string of the molecule is CCCCC1CCCC(C)B1OC. The molecule has 0 amide bonds. The summed E-state index contributed by atoms with van der Waals surface area (Å²) in [6.45, 7) is 5.15. The molecule has 0 aromatic rings. The molecule has 2 atom stereocenters. The highest BCUT2D eigenvalue weighted by Gasteiger charge is 2.34. The molecule has 1 saturated heterocycles. The Morgan fingerprint density at radius 1 is 1.38 bits per heavy atom. The topological polar surface area (TPSA) is 9.23 Å². The summed E-state index contributed by atoms with van der Waals surface area (Å²) in [5.41, 5.74) is 0. The third-order valence-electron chi connectivity index (χ3n) is 3.46. The van der Waals surface area contributed by atoms with E-state index >= 15 is 0 Å². The first-order valence-electron chi connectivity index (χ1n) is 5.82. The second-order valence-electron chi connectivity index (χ2n) is 4.51. The Balaban J connectivity index is 2.39. The van der Waals surface area contributed by atoms with E-state index in [1.165, 1.54) is 38.5 Å². The quantitative estimate of drug-likeness (QED) is 0.601. The van der Waals surface area contributed by atoms with Crippen LogP contribution >= 0.6 is 0 Å². The molecule has 0 spiro atoms. The maximum atomic E-state index is 5.61. The van der Waals surface area contributed by atoms with E-state index in [0.717, 1.165) is 11.6 Å². The third kappa shape index (κ3) is 3.01. The summed E-state index contributed by atoms with van der Waals surface area (Å²) in [6.07, 6.45) is 8.23. The van der Waals surface area contributed by atoms with E-state index in [1.807, 2.05) is 7.11 Å². The highest BCUT2D eigenvalue weighted by Crippen LogP contribution is 2.38. The fourth-order valence-electron chi connectivity index (χ4n) is 2.69. The monoisotopic (exact) mass is 182 g/mol. The van der Waals surface area contributed by atoms with Crippen molar-refractivity contribution in [1.82, 2.24) is 0 Å². The van der Waals surface area contributed by atoms with Gasteiger partial charge in [0.2, 0.25) is 0 Å². The van der Waals surface area contributed by atoms with Gasteiger partial charge in [0.15, 0.2) is 0 Å². The van der Waals surface area contributed by atoms with E-state index in [2.05, 4.69) is 13.8 Å². The molecule has 1 heterocycles. The maximum absolute atomic E-state index is 5.61. The lowest BCUT2D eigenvalue weighted by molar-refractivity contribution is 0.360. The van der Waals surface area contributed by atoms with Crippen LogP contribution in [0.3, 0.4) is 0 Å². The zero-order valence-corrected chi connectivity index (χ0v) is 9.38. The number of hydrogen-bond acceptors (Lipinski definition) is 1. The van der Waals surface area contributed by atoms with Crippen LogP contribution in [0.4, 0.5) is 0 Å². The van der Waals surface area contributed by atoms with Crippen molar-refractivity contribution in [3.63, 3.8) is 0 Å². The first kappa shape index (κ1) is 11.1. The second kappa shape index (κ2) is 5.69. The van der Waals surface area contributed by atoms with Crippen LogP contribution in [0, 0.1) is 0 Å². The summed E-state index contributed by atoms with van der Waals surface area (Å²) >= 11 is 0. The highest BCUT2D eigenvalue weighted by molar-refractivity contribution is 6.55. The normalized spacial score (nSPS) is 29.3. The van der Waals surface area contributed by atoms with Gasteiger partial charge in [-0.05, 0) is 11.6 Å². The van der Waals surface area contributed by atoms with Crippen molar-refractivity contribution in [3.05, 3.63) is 0 Å².